The van der Waals surface area contributed by atoms with Crippen LogP contribution in [0.15, 0.2) is 0 Å². The van der Waals surface area contributed by atoms with Crippen LogP contribution in [0.25, 0.3) is 0 Å². The highest BCUT2D eigenvalue weighted by molar-refractivity contribution is 4.93. The summed E-state index contributed by atoms with van der Waals surface area (Å²) in [5, 5.41) is 3.48. The van der Waals surface area contributed by atoms with Gasteiger partial charge in [0.25, 0.3) is 0 Å². The van der Waals surface area contributed by atoms with E-state index in [0.29, 0.717) is 12.1 Å². The Labute approximate surface area is 63.2 Å². The van der Waals surface area contributed by atoms with Crippen LogP contribution < -0.4 is 11.1 Å². The first-order chi connectivity index (χ1) is 4.49. The molecular weight excluding hydrogens is 124 g/mol. The predicted molar refractivity (Wildman–Crippen MR) is 43.9 cm³/mol. The van der Waals surface area contributed by atoms with Crippen LogP contribution in [-0.2, 0) is 0 Å². The minimum Gasteiger partial charge on any atom is -0.326 e. The minimum atomic E-state index is 0.225. The molecule has 10 heavy (non-hydrogen) atoms. The Morgan fingerprint density at radius 3 is 2.00 bits per heavy atom. The first-order valence-corrected chi connectivity index (χ1v) is 4.02. The molecular formula is C8H18N2. The molecule has 0 aliphatic heterocycles. The second kappa shape index (κ2) is 2.51. The Balaban J connectivity index is 2.26. The molecule has 60 valence electrons. The number of hydrogen-bond donors (Lipinski definition) is 2. The molecule has 0 aromatic carbocycles. The quantitative estimate of drug-likeness (QED) is 0.570. The maximum Gasteiger partial charge on any atom is 0.0224 e. The van der Waals surface area contributed by atoms with E-state index in [1.165, 1.54) is 12.8 Å². The lowest BCUT2D eigenvalue weighted by Crippen LogP contribution is -2.58. The molecule has 0 spiro atoms. The van der Waals surface area contributed by atoms with Crippen molar-refractivity contribution in [1.29, 1.82) is 0 Å². The highest BCUT2D eigenvalue weighted by Crippen LogP contribution is 2.19. The molecule has 1 rings (SSSR count). The lowest BCUT2D eigenvalue weighted by Gasteiger charge is -2.39. The minimum absolute atomic E-state index is 0.225. The highest BCUT2D eigenvalue weighted by Gasteiger charge is 2.29. The zero-order valence-corrected chi connectivity index (χ0v) is 7.15. The van der Waals surface area contributed by atoms with Gasteiger partial charge in [-0.3, -0.25) is 0 Å². The van der Waals surface area contributed by atoms with Gasteiger partial charge in [-0.25, -0.2) is 0 Å². The van der Waals surface area contributed by atoms with Crippen LogP contribution in [-0.4, -0.2) is 17.6 Å². The highest BCUT2D eigenvalue weighted by atomic mass is 15.0. The van der Waals surface area contributed by atoms with E-state index in [4.69, 9.17) is 5.73 Å². The molecule has 0 heterocycles. The van der Waals surface area contributed by atoms with E-state index < -0.39 is 0 Å². The molecule has 2 heteroatoms. The van der Waals surface area contributed by atoms with Gasteiger partial charge in [0.2, 0.25) is 0 Å². The Morgan fingerprint density at radius 1 is 1.30 bits per heavy atom. The van der Waals surface area contributed by atoms with Gasteiger partial charge in [-0.05, 0) is 33.6 Å². The second-order valence-corrected chi connectivity index (χ2v) is 4.24. The molecule has 0 aromatic heterocycles. The molecule has 1 aliphatic carbocycles. The van der Waals surface area contributed by atoms with Crippen molar-refractivity contribution in [3.63, 3.8) is 0 Å². The molecule has 0 bridgehead atoms. The fourth-order valence-corrected chi connectivity index (χ4v) is 1.26. The van der Waals surface area contributed by atoms with Gasteiger partial charge in [-0.15, -0.1) is 0 Å². The summed E-state index contributed by atoms with van der Waals surface area (Å²) in [6.45, 7) is 6.54. The summed E-state index contributed by atoms with van der Waals surface area (Å²) in [6, 6.07) is 0.972. The smallest absolute Gasteiger partial charge is 0.0224 e. The van der Waals surface area contributed by atoms with Gasteiger partial charge in [0.15, 0.2) is 0 Å². The fourth-order valence-electron chi connectivity index (χ4n) is 1.26. The summed E-state index contributed by atoms with van der Waals surface area (Å²) in [7, 11) is 0. The van der Waals surface area contributed by atoms with E-state index in [2.05, 4.69) is 26.1 Å². The Hall–Kier alpha value is -0.0800. The number of nitrogens with two attached hydrogens (primary N) is 1. The van der Waals surface area contributed by atoms with Crippen LogP contribution in [0.1, 0.15) is 33.6 Å². The van der Waals surface area contributed by atoms with Crippen LogP contribution in [0, 0.1) is 0 Å². The van der Waals surface area contributed by atoms with Crippen LogP contribution in [0.4, 0.5) is 0 Å². The predicted octanol–water partition coefficient (Wildman–Crippen LogP) is 0.864. The maximum absolute atomic E-state index is 5.77. The SMILES string of the molecule is CC(C)(C)NC1CC[C@H]1N. The Kier molecular flexibility index (Phi) is 2.02. The van der Waals surface area contributed by atoms with Gasteiger partial charge >= 0.3 is 0 Å². The van der Waals surface area contributed by atoms with E-state index in [0.717, 1.165) is 0 Å². The zero-order valence-electron chi connectivity index (χ0n) is 7.15. The number of hydrogen-bond acceptors (Lipinski definition) is 2. The molecule has 2 nitrogen and oxygen atoms in total. The van der Waals surface area contributed by atoms with Crippen molar-refractivity contribution in [3.05, 3.63) is 0 Å². The van der Waals surface area contributed by atoms with Crippen molar-refractivity contribution >= 4 is 0 Å². The average molecular weight is 142 g/mol. The van der Waals surface area contributed by atoms with Crippen LogP contribution in [0.3, 0.4) is 0 Å². The zero-order chi connectivity index (χ0) is 7.78. The first-order valence-electron chi connectivity index (χ1n) is 4.02. The number of nitrogens with one attached hydrogen (secondary N) is 1. The van der Waals surface area contributed by atoms with Gasteiger partial charge in [0.05, 0.1) is 0 Å². The van der Waals surface area contributed by atoms with E-state index >= 15 is 0 Å². The van der Waals surface area contributed by atoms with Crippen molar-refractivity contribution in [2.75, 3.05) is 0 Å². The second-order valence-electron chi connectivity index (χ2n) is 4.24. The summed E-state index contributed by atoms with van der Waals surface area (Å²) in [5.41, 5.74) is 5.99. The normalized spacial score (nSPS) is 33.6. The van der Waals surface area contributed by atoms with Gasteiger partial charge < -0.3 is 11.1 Å². The summed E-state index contributed by atoms with van der Waals surface area (Å²) in [5.74, 6) is 0. The molecule has 1 unspecified atom stereocenters. The summed E-state index contributed by atoms with van der Waals surface area (Å²) in [6.07, 6.45) is 2.44. The van der Waals surface area contributed by atoms with Crippen molar-refractivity contribution in [1.82, 2.24) is 5.32 Å². The van der Waals surface area contributed by atoms with Gasteiger partial charge in [-0.1, -0.05) is 0 Å². The molecule has 0 aromatic rings. The van der Waals surface area contributed by atoms with Crippen molar-refractivity contribution < 1.29 is 0 Å². The Morgan fingerprint density at radius 2 is 1.90 bits per heavy atom. The molecule has 0 amide bonds. The lowest BCUT2D eigenvalue weighted by atomic mass is 9.85. The fraction of sp³-hybridized carbons (Fsp3) is 1.00. The van der Waals surface area contributed by atoms with E-state index in [1.807, 2.05) is 0 Å². The third kappa shape index (κ3) is 1.96. The maximum atomic E-state index is 5.77. The van der Waals surface area contributed by atoms with Gasteiger partial charge in [0.1, 0.15) is 0 Å². The van der Waals surface area contributed by atoms with E-state index in [9.17, 15) is 0 Å². The van der Waals surface area contributed by atoms with Gasteiger partial charge in [0, 0.05) is 17.6 Å². The van der Waals surface area contributed by atoms with Crippen LogP contribution in [0.5, 0.6) is 0 Å². The average Bonchev–Trinajstić information content (AvgIpc) is 1.78. The van der Waals surface area contributed by atoms with E-state index in [1.54, 1.807) is 0 Å². The van der Waals surface area contributed by atoms with Crippen molar-refractivity contribution in [2.45, 2.75) is 51.2 Å². The largest absolute Gasteiger partial charge is 0.326 e. The standard InChI is InChI=1S/C8H18N2/c1-8(2,3)10-7-5-4-6(7)9/h6-7,10H,4-5,9H2,1-3H3/t6-,7?/m1/s1. The molecule has 0 saturated heterocycles. The molecule has 3 N–H and O–H groups in total. The monoisotopic (exact) mass is 142 g/mol. The van der Waals surface area contributed by atoms with E-state index in [-0.39, 0.29) is 5.54 Å². The Bertz CT molecular complexity index is 115. The summed E-state index contributed by atoms with van der Waals surface area (Å²) in [4.78, 5) is 0. The summed E-state index contributed by atoms with van der Waals surface area (Å²) < 4.78 is 0. The van der Waals surface area contributed by atoms with Crippen LogP contribution in [0.2, 0.25) is 0 Å². The molecule has 0 radical (unpaired) electrons. The molecule has 1 saturated carbocycles. The third-order valence-corrected chi connectivity index (χ3v) is 1.95. The third-order valence-electron chi connectivity index (χ3n) is 1.95. The summed E-state index contributed by atoms with van der Waals surface area (Å²) >= 11 is 0. The van der Waals surface area contributed by atoms with Crippen molar-refractivity contribution in [2.24, 2.45) is 5.73 Å². The van der Waals surface area contributed by atoms with Gasteiger partial charge in [-0.2, -0.15) is 0 Å². The first kappa shape index (κ1) is 8.02. The van der Waals surface area contributed by atoms with Crippen molar-refractivity contribution in [3.8, 4) is 0 Å². The lowest BCUT2D eigenvalue weighted by molar-refractivity contribution is 0.230. The molecule has 2 atom stereocenters. The number of rotatable bonds is 1. The molecule has 1 aliphatic rings. The molecule has 1 fully saturated rings. The van der Waals surface area contributed by atoms with Crippen LogP contribution >= 0.6 is 0 Å². The topological polar surface area (TPSA) is 38.0 Å².